The third-order valence-corrected chi connectivity index (χ3v) is 18.5. The van der Waals surface area contributed by atoms with Crippen molar-refractivity contribution >= 4 is 39.5 Å². The van der Waals surface area contributed by atoms with E-state index >= 15 is 0 Å². The fourth-order valence-corrected chi connectivity index (χ4v) is 12.5. The van der Waals surface area contributed by atoms with Gasteiger partial charge >= 0.3 is 39.5 Å². The molecule has 0 aliphatic carbocycles. The first-order valence-electron chi connectivity index (χ1n) is 37.3. The SMILES string of the molecule is CCCCCCCCCCCCCCCCC(=O)OC[C@H](COP(=O)(O)OC[C@@H](O)COP(=O)(O)OC[C@@H](COC(=O)CCCCCCCCCC(C)C)OC(=O)CCCCCCCCCCC(C)C)OC(=O)CCCCCCCCCCCCCCCC(C)C. The van der Waals surface area contributed by atoms with Crippen LogP contribution in [0.1, 0.15) is 363 Å². The molecule has 0 aliphatic heterocycles. The fraction of sp³-hybridized carbons (Fsp3) is 0.944. The first kappa shape index (κ1) is 89.1. The predicted molar refractivity (Wildman–Crippen MR) is 368 cm³/mol. The van der Waals surface area contributed by atoms with Crippen LogP contribution in [0.2, 0.25) is 0 Å². The van der Waals surface area contributed by atoms with E-state index in [4.69, 9.17) is 37.0 Å². The van der Waals surface area contributed by atoms with Crippen molar-refractivity contribution in [2.24, 2.45) is 17.8 Å². The van der Waals surface area contributed by atoms with Crippen LogP contribution in [0.4, 0.5) is 0 Å². The highest BCUT2D eigenvalue weighted by Crippen LogP contribution is 2.45. The van der Waals surface area contributed by atoms with Crippen LogP contribution >= 0.6 is 15.6 Å². The average molecular weight is 1340 g/mol. The van der Waals surface area contributed by atoms with E-state index in [9.17, 15) is 43.2 Å². The molecule has 0 heterocycles. The molecular weight excluding hydrogens is 1200 g/mol. The van der Waals surface area contributed by atoms with Gasteiger partial charge in [-0.05, 0) is 43.4 Å². The first-order chi connectivity index (χ1) is 43.7. The molecule has 91 heavy (non-hydrogen) atoms. The smallest absolute Gasteiger partial charge is 0.462 e. The molecule has 3 N–H and O–H groups in total. The molecule has 0 saturated carbocycles. The first-order valence-corrected chi connectivity index (χ1v) is 40.3. The Morgan fingerprint density at radius 3 is 0.747 bits per heavy atom. The van der Waals surface area contributed by atoms with E-state index in [1.165, 1.54) is 167 Å². The highest BCUT2D eigenvalue weighted by atomic mass is 31.2. The third kappa shape index (κ3) is 66.5. The number of carbonyl (C=O) groups excluding carboxylic acids is 4. The molecule has 17 nitrogen and oxygen atoms in total. The number of phosphoric acid groups is 2. The second-order valence-electron chi connectivity index (χ2n) is 27.4. The molecule has 0 bridgehead atoms. The summed E-state index contributed by atoms with van der Waals surface area (Å²) >= 11 is 0. The van der Waals surface area contributed by atoms with E-state index in [2.05, 4.69) is 48.5 Å². The molecule has 0 radical (unpaired) electrons. The molecule has 0 aliphatic rings. The molecule has 0 aromatic carbocycles. The molecule has 0 saturated heterocycles. The van der Waals surface area contributed by atoms with Crippen molar-refractivity contribution in [3.05, 3.63) is 0 Å². The minimum atomic E-state index is -4.95. The summed E-state index contributed by atoms with van der Waals surface area (Å²) in [7, 11) is -9.90. The Balaban J connectivity index is 5.25. The number of aliphatic hydroxyl groups excluding tert-OH is 1. The van der Waals surface area contributed by atoms with Crippen molar-refractivity contribution < 1.29 is 80.2 Å². The van der Waals surface area contributed by atoms with Crippen LogP contribution in [0.3, 0.4) is 0 Å². The number of unbranched alkanes of at least 4 members (excludes halogenated alkanes) is 38. The van der Waals surface area contributed by atoms with E-state index in [0.717, 1.165) is 108 Å². The number of esters is 4. The number of hydrogen-bond acceptors (Lipinski definition) is 15. The fourth-order valence-electron chi connectivity index (χ4n) is 10.9. The van der Waals surface area contributed by atoms with Crippen LogP contribution in [0.15, 0.2) is 0 Å². The quantitative estimate of drug-likeness (QED) is 0.0222. The van der Waals surface area contributed by atoms with Gasteiger partial charge in [-0.3, -0.25) is 37.3 Å². The molecule has 0 aromatic rings. The van der Waals surface area contributed by atoms with Gasteiger partial charge in [-0.25, -0.2) is 9.13 Å². The molecule has 19 heteroatoms. The van der Waals surface area contributed by atoms with E-state index in [0.29, 0.717) is 31.6 Å². The van der Waals surface area contributed by atoms with Crippen LogP contribution in [0, 0.1) is 17.8 Å². The molecule has 0 aromatic heterocycles. The minimum Gasteiger partial charge on any atom is -0.462 e. The maximum absolute atomic E-state index is 13.0. The van der Waals surface area contributed by atoms with E-state index in [-0.39, 0.29) is 25.7 Å². The number of ether oxygens (including phenoxy) is 4. The molecule has 2 unspecified atom stereocenters. The number of phosphoric ester groups is 2. The molecule has 540 valence electrons. The van der Waals surface area contributed by atoms with Gasteiger partial charge in [-0.1, -0.05) is 312 Å². The van der Waals surface area contributed by atoms with Crippen molar-refractivity contribution in [3.63, 3.8) is 0 Å². The van der Waals surface area contributed by atoms with Gasteiger partial charge in [0.1, 0.15) is 19.3 Å². The van der Waals surface area contributed by atoms with Gasteiger partial charge in [0, 0.05) is 25.7 Å². The zero-order chi connectivity index (χ0) is 67.3. The number of rotatable bonds is 70. The van der Waals surface area contributed by atoms with Gasteiger partial charge in [-0.15, -0.1) is 0 Å². The van der Waals surface area contributed by atoms with Crippen LogP contribution < -0.4 is 0 Å². The second-order valence-corrected chi connectivity index (χ2v) is 30.3. The van der Waals surface area contributed by atoms with Crippen LogP contribution in [0.5, 0.6) is 0 Å². The summed E-state index contributed by atoms with van der Waals surface area (Å²) in [5.74, 6) is 0.0851. The van der Waals surface area contributed by atoms with Gasteiger partial charge in [0.05, 0.1) is 26.4 Å². The van der Waals surface area contributed by atoms with E-state index in [1.807, 2.05) is 0 Å². The number of hydrogen-bond donors (Lipinski definition) is 3. The Labute approximate surface area is 556 Å². The lowest BCUT2D eigenvalue weighted by Crippen LogP contribution is -2.30. The third-order valence-electron chi connectivity index (χ3n) is 16.6. The summed E-state index contributed by atoms with van der Waals surface area (Å²) in [4.78, 5) is 72.6. The Morgan fingerprint density at radius 2 is 0.505 bits per heavy atom. The van der Waals surface area contributed by atoms with Crippen LogP contribution in [-0.2, 0) is 65.4 Å². The Bertz CT molecular complexity index is 1780. The molecule has 0 amide bonds. The molecule has 0 spiro atoms. The summed E-state index contributed by atoms with van der Waals surface area (Å²) in [5, 5.41) is 10.6. The van der Waals surface area contributed by atoms with Gasteiger partial charge < -0.3 is 33.8 Å². The zero-order valence-electron chi connectivity index (χ0n) is 59.3. The largest absolute Gasteiger partial charge is 0.472 e. The zero-order valence-corrected chi connectivity index (χ0v) is 61.1. The summed E-state index contributed by atoms with van der Waals surface area (Å²) < 4.78 is 68.3. The maximum atomic E-state index is 13.0. The lowest BCUT2D eigenvalue weighted by atomic mass is 10.0. The highest BCUT2D eigenvalue weighted by Gasteiger charge is 2.30. The van der Waals surface area contributed by atoms with Gasteiger partial charge in [0.25, 0.3) is 0 Å². The lowest BCUT2D eigenvalue weighted by Gasteiger charge is -2.21. The number of carbonyl (C=O) groups is 4. The van der Waals surface area contributed by atoms with Gasteiger partial charge in [-0.2, -0.15) is 0 Å². The Kier molecular flexibility index (Phi) is 61.5. The highest BCUT2D eigenvalue weighted by molar-refractivity contribution is 7.47. The lowest BCUT2D eigenvalue weighted by molar-refractivity contribution is -0.161. The molecular formula is C72H140O17P2. The molecule has 0 fully saturated rings. The van der Waals surface area contributed by atoms with Crippen molar-refractivity contribution in [1.29, 1.82) is 0 Å². The molecule has 5 atom stereocenters. The van der Waals surface area contributed by atoms with Crippen molar-refractivity contribution in [1.82, 2.24) is 0 Å². The van der Waals surface area contributed by atoms with Crippen LogP contribution in [-0.4, -0.2) is 96.7 Å². The normalized spacial score (nSPS) is 14.2. The topological polar surface area (TPSA) is 237 Å². The summed E-state index contributed by atoms with van der Waals surface area (Å²) in [6, 6.07) is 0. The second kappa shape index (κ2) is 62.8. The standard InChI is InChI=1S/C72H140O17P2/c1-8-9-10-11-12-13-14-15-18-21-24-32-39-46-53-69(74)82-59-67(88-71(76)55-48-41-33-25-22-19-16-17-20-23-29-36-43-50-63(2)3)61-86-90(78,79)84-57-66(73)58-85-91(80,81)87-62-68(60-83-70(75)54-47-40-35-28-31-38-45-52-65(6)7)89-72(77)56-49-42-34-27-26-30-37-44-51-64(4)5/h63-68,73H,8-62H2,1-7H3,(H,78,79)(H,80,81)/t66-,67-,68-/m1/s1. The average Bonchev–Trinajstić information content (AvgIpc) is 3.15. The number of aliphatic hydroxyl groups is 1. The predicted octanol–water partition coefficient (Wildman–Crippen LogP) is 20.6. The Hall–Kier alpha value is -1.94. The minimum absolute atomic E-state index is 0.104. The summed E-state index contributed by atoms with van der Waals surface area (Å²) in [6.45, 7) is 11.8. The van der Waals surface area contributed by atoms with Gasteiger partial charge in [0.15, 0.2) is 12.2 Å². The van der Waals surface area contributed by atoms with Crippen LogP contribution in [0.25, 0.3) is 0 Å². The maximum Gasteiger partial charge on any atom is 0.472 e. The summed E-state index contributed by atoms with van der Waals surface area (Å²) in [5.41, 5.74) is 0. The van der Waals surface area contributed by atoms with Crippen molar-refractivity contribution in [2.75, 3.05) is 39.6 Å². The van der Waals surface area contributed by atoms with E-state index < -0.39 is 97.5 Å². The monoisotopic (exact) mass is 1340 g/mol. The van der Waals surface area contributed by atoms with E-state index in [1.54, 1.807) is 0 Å². The molecule has 0 rings (SSSR count). The van der Waals surface area contributed by atoms with Crippen molar-refractivity contribution in [3.8, 4) is 0 Å². The van der Waals surface area contributed by atoms with Crippen molar-refractivity contribution in [2.45, 2.75) is 381 Å². The summed E-state index contributed by atoms with van der Waals surface area (Å²) in [6.07, 6.45) is 47.3. The Morgan fingerprint density at radius 1 is 0.297 bits per heavy atom. The van der Waals surface area contributed by atoms with Gasteiger partial charge in [0.2, 0.25) is 0 Å².